The van der Waals surface area contributed by atoms with Crippen molar-refractivity contribution in [2.24, 2.45) is 0 Å². The monoisotopic (exact) mass is 258 g/mol. The lowest BCUT2D eigenvalue weighted by molar-refractivity contribution is 1.65. The fourth-order valence-electron chi connectivity index (χ4n) is 2.09. The fourth-order valence-corrected chi connectivity index (χ4v) is 4.84. The zero-order chi connectivity index (χ0) is 11.7. The Hall–Kier alpha value is -1.10. The minimum atomic E-state index is -0.229. The summed E-state index contributed by atoms with van der Waals surface area (Å²) in [6.07, 6.45) is 0. The molecule has 0 unspecified atom stereocenters. The van der Waals surface area contributed by atoms with E-state index in [0.717, 1.165) is 5.62 Å². The number of hydrogen-bond acceptors (Lipinski definition) is 0. The fraction of sp³-hybridized carbons (Fsp3) is 0.0667. The number of halogens is 1. The van der Waals surface area contributed by atoms with Gasteiger partial charge in [0.25, 0.3) is 0 Å². The summed E-state index contributed by atoms with van der Waals surface area (Å²) in [6, 6.07) is 21.2. The summed E-state index contributed by atoms with van der Waals surface area (Å²) in [7, 11) is -0.229. The third-order valence-corrected chi connectivity index (χ3v) is 5.70. The van der Waals surface area contributed by atoms with E-state index in [-0.39, 0.29) is 7.92 Å². The summed E-state index contributed by atoms with van der Waals surface area (Å²) in [5.74, 6) is 0. The van der Waals surface area contributed by atoms with E-state index in [9.17, 15) is 0 Å². The molecule has 17 heavy (non-hydrogen) atoms. The quantitative estimate of drug-likeness (QED) is 0.524. The molecule has 0 aliphatic carbocycles. The predicted molar refractivity (Wildman–Crippen MR) is 77.3 cm³/mol. The van der Waals surface area contributed by atoms with Gasteiger partial charge < -0.3 is 0 Å². The highest BCUT2D eigenvalue weighted by Crippen LogP contribution is 2.78. The van der Waals surface area contributed by atoms with Crippen molar-refractivity contribution in [1.29, 1.82) is 0 Å². The standard InChI is InChI=1S/C15H12ClP/c16-11-17-14(12-7-3-1-4-8-12)15(17)13-9-5-2-6-10-13/h1-10H,11H2. The van der Waals surface area contributed by atoms with Gasteiger partial charge in [0.15, 0.2) is 0 Å². The third-order valence-electron chi connectivity index (χ3n) is 2.93. The molecule has 0 saturated heterocycles. The Bertz CT molecular complexity index is 496. The molecule has 1 aliphatic rings. The number of alkyl halides is 1. The van der Waals surface area contributed by atoms with E-state index in [0.29, 0.717) is 0 Å². The van der Waals surface area contributed by atoms with E-state index in [1.165, 1.54) is 21.8 Å². The van der Waals surface area contributed by atoms with Gasteiger partial charge in [0.1, 0.15) is 0 Å². The van der Waals surface area contributed by atoms with Crippen molar-refractivity contribution in [2.75, 3.05) is 5.62 Å². The number of hydrogen-bond donors (Lipinski definition) is 0. The van der Waals surface area contributed by atoms with E-state index >= 15 is 0 Å². The number of rotatable bonds is 3. The molecule has 0 saturated carbocycles. The molecule has 3 rings (SSSR count). The molecular weight excluding hydrogens is 247 g/mol. The van der Waals surface area contributed by atoms with Crippen LogP contribution in [0.1, 0.15) is 11.1 Å². The van der Waals surface area contributed by atoms with Gasteiger partial charge in [-0.25, -0.2) is 0 Å². The van der Waals surface area contributed by atoms with Crippen LogP contribution < -0.4 is 0 Å². The first-order valence-electron chi connectivity index (χ1n) is 5.60. The average Bonchev–Trinajstić information content (AvgIpc) is 3.15. The summed E-state index contributed by atoms with van der Waals surface area (Å²) in [4.78, 5) is 0. The first-order chi connectivity index (χ1) is 8.42. The summed E-state index contributed by atoms with van der Waals surface area (Å²) < 4.78 is 0. The zero-order valence-corrected chi connectivity index (χ0v) is 11.0. The number of benzene rings is 2. The maximum absolute atomic E-state index is 6.08. The van der Waals surface area contributed by atoms with Gasteiger partial charge >= 0.3 is 0 Å². The Morgan fingerprint density at radius 1 is 0.706 bits per heavy atom. The molecule has 84 valence electrons. The molecule has 2 heteroatoms. The van der Waals surface area contributed by atoms with Crippen molar-refractivity contribution in [3.05, 3.63) is 71.8 Å². The van der Waals surface area contributed by atoms with Gasteiger partial charge in [-0.15, -0.1) is 11.6 Å². The van der Waals surface area contributed by atoms with Crippen LogP contribution in [0.4, 0.5) is 0 Å². The van der Waals surface area contributed by atoms with Crippen LogP contribution in [0.25, 0.3) is 10.6 Å². The minimum absolute atomic E-state index is 0.229. The van der Waals surface area contributed by atoms with Crippen molar-refractivity contribution in [3.8, 4) is 0 Å². The molecule has 0 aromatic heterocycles. The predicted octanol–water partition coefficient (Wildman–Crippen LogP) is 5.20. The lowest BCUT2D eigenvalue weighted by Crippen LogP contribution is -1.70. The molecule has 0 nitrogen and oxygen atoms in total. The highest BCUT2D eigenvalue weighted by Gasteiger charge is 2.36. The van der Waals surface area contributed by atoms with Crippen LogP contribution in [-0.2, 0) is 0 Å². The highest BCUT2D eigenvalue weighted by atomic mass is 35.5. The Morgan fingerprint density at radius 3 is 1.47 bits per heavy atom. The molecule has 0 radical (unpaired) electrons. The summed E-state index contributed by atoms with van der Waals surface area (Å²) in [5, 5.41) is 2.95. The van der Waals surface area contributed by atoms with Crippen molar-refractivity contribution in [1.82, 2.24) is 0 Å². The van der Waals surface area contributed by atoms with E-state index in [2.05, 4.69) is 60.7 Å². The van der Waals surface area contributed by atoms with E-state index in [1.54, 1.807) is 0 Å². The highest BCUT2D eigenvalue weighted by molar-refractivity contribution is 7.89. The lowest BCUT2D eigenvalue weighted by Gasteiger charge is -1.96. The van der Waals surface area contributed by atoms with Crippen molar-refractivity contribution in [3.63, 3.8) is 0 Å². The van der Waals surface area contributed by atoms with Crippen molar-refractivity contribution in [2.45, 2.75) is 0 Å². The van der Waals surface area contributed by atoms with E-state index < -0.39 is 0 Å². The Morgan fingerprint density at radius 2 is 1.12 bits per heavy atom. The van der Waals surface area contributed by atoms with Crippen LogP contribution in [0.5, 0.6) is 0 Å². The van der Waals surface area contributed by atoms with Crippen LogP contribution in [0.2, 0.25) is 0 Å². The van der Waals surface area contributed by atoms with Crippen molar-refractivity contribution < 1.29 is 0 Å². The SMILES string of the molecule is ClCP1C(c2ccccc2)=C1c1ccccc1. The largest absolute Gasteiger partial charge is 0.121 e. The smallest absolute Gasteiger partial charge is 0.0506 e. The maximum Gasteiger partial charge on any atom is 0.0506 e. The van der Waals surface area contributed by atoms with Crippen molar-refractivity contribution >= 4 is 30.2 Å². The Labute approximate surface area is 108 Å². The van der Waals surface area contributed by atoms with Gasteiger partial charge in [-0.3, -0.25) is 0 Å². The molecule has 2 aromatic rings. The van der Waals surface area contributed by atoms with Crippen LogP contribution in [-0.4, -0.2) is 5.62 Å². The van der Waals surface area contributed by atoms with Crippen LogP contribution >= 0.6 is 19.5 Å². The van der Waals surface area contributed by atoms with Crippen LogP contribution in [0.3, 0.4) is 0 Å². The second-order valence-corrected chi connectivity index (χ2v) is 6.68. The van der Waals surface area contributed by atoms with Crippen LogP contribution in [0.15, 0.2) is 60.7 Å². The lowest BCUT2D eigenvalue weighted by atomic mass is 10.1. The summed E-state index contributed by atoms with van der Waals surface area (Å²) in [5.41, 5.74) is 3.40. The maximum atomic E-state index is 6.08. The molecule has 1 heterocycles. The molecule has 0 bridgehead atoms. The van der Waals surface area contributed by atoms with Gasteiger partial charge in [-0.05, 0) is 29.7 Å². The zero-order valence-electron chi connectivity index (χ0n) is 9.31. The van der Waals surface area contributed by atoms with Gasteiger partial charge in [0, 0.05) is 0 Å². The molecule has 0 atom stereocenters. The topological polar surface area (TPSA) is 0 Å². The summed E-state index contributed by atoms with van der Waals surface area (Å²) in [6.45, 7) is 0. The van der Waals surface area contributed by atoms with E-state index in [4.69, 9.17) is 11.6 Å². The first-order valence-corrected chi connectivity index (χ1v) is 7.66. The third kappa shape index (κ3) is 2.04. The minimum Gasteiger partial charge on any atom is -0.121 e. The van der Waals surface area contributed by atoms with Gasteiger partial charge in [-0.1, -0.05) is 60.7 Å². The second kappa shape index (κ2) is 4.64. The van der Waals surface area contributed by atoms with E-state index in [1.807, 2.05) is 0 Å². The molecule has 1 aliphatic heterocycles. The van der Waals surface area contributed by atoms with Gasteiger partial charge in [-0.2, -0.15) is 0 Å². The van der Waals surface area contributed by atoms with Crippen LogP contribution in [0, 0.1) is 0 Å². The van der Waals surface area contributed by atoms with Gasteiger partial charge in [0.2, 0.25) is 0 Å². The second-order valence-electron chi connectivity index (χ2n) is 3.98. The first kappa shape index (κ1) is 11.0. The molecule has 0 spiro atoms. The normalized spacial score (nSPS) is 15.1. The molecule has 0 amide bonds. The molecule has 0 fully saturated rings. The average molecular weight is 259 g/mol. The molecular formula is C15H12ClP. The molecule has 0 N–H and O–H groups in total. The summed E-state index contributed by atoms with van der Waals surface area (Å²) >= 11 is 6.08. The Kier molecular flexibility index (Phi) is 3.01. The van der Waals surface area contributed by atoms with Gasteiger partial charge in [0.05, 0.1) is 5.62 Å². The Balaban J connectivity index is 2.01. The molecule has 2 aromatic carbocycles.